The molecule has 0 aliphatic carbocycles. The number of rotatable bonds is 8. The van der Waals surface area contributed by atoms with Crippen molar-refractivity contribution >= 4 is 11.7 Å². The first-order valence-electron chi connectivity index (χ1n) is 7.16. The van der Waals surface area contributed by atoms with E-state index in [2.05, 4.69) is 25.5 Å². The summed E-state index contributed by atoms with van der Waals surface area (Å²) in [5.74, 6) is 1.20. The third-order valence-electron chi connectivity index (χ3n) is 2.98. The molecule has 0 unspecified atom stereocenters. The van der Waals surface area contributed by atoms with Gasteiger partial charge in [-0.1, -0.05) is 0 Å². The summed E-state index contributed by atoms with van der Waals surface area (Å²) in [7, 11) is 4.00. The first-order valence-corrected chi connectivity index (χ1v) is 7.16. The van der Waals surface area contributed by atoms with Crippen molar-refractivity contribution in [3.8, 4) is 0 Å². The number of amides is 1. The summed E-state index contributed by atoms with van der Waals surface area (Å²) in [6, 6.07) is 3.70. The van der Waals surface area contributed by atoms with E-state index in [0.29, 0.717) is 24.6 Å². The minimum atomic E-state index is -0.205. The molecule has 2 heterocycles. The lowest BCUT2D eigenvalue weighted by Gasteiger charge is -2.09. The minimum absolute atomic E-state index is 0.205. The average Bonchev–Trinajstić information content (AvgIpc) is 3.03. The third kappa shape index (κ3) is 5.17. The molecule has 0 bridgehead atoms. The molecule has 0 spiro atoms. The monoisotopic (exact) mass is 303 g/mol. The molecule has 7 nitrogen and oxygen atoms in total. The number of carbonyl (C=O) groups is 1. The first kappa shape index (κ1) is 16.0. The summed E-state index contributed by atoms with van der Waals surface area (Å²) in [4.78, 5) is 22.2. The van der Waals surface area contributed by atoms with Gasteiger partial charge in [0.15, 0.2) is 0 Å². The maximum absolute atomic E-state index is 11.9. The summed E-state index contributed by atoms with van der Waals surface area (Å²) in [6.45, 7) is 2.08. The van der Waals surface area contributed by atoms with Gasteiger partial charge in [-0.3, -0.25) is 4.79 Å². The van der Waals surface area contributed by atoms with Gasteiger partial charge >= 0.3 is 0 Å². The second kappa shape index (κ2) is 8.14. The lowest BCUT2D eigenvalue weighted by Crippen LogP contribution is -2.27. The number of furan rings is 1. The van der Waals surface area contributed by atoms with E-state index in [1.165, 1.54) is 12.4 Å². The van der Waals surface area contributed by atoms with Crippen LogP contribution >= 0.6 is 0 Å². The van der Waals surface area contributed by atoms with Gasteiger partial charge in [0.1, 0.15) is 17.3 Å². The Kier molecular flexibility index (Phi) is 5.91. The Balaban J connectivity index is 1.76. The van der Waals surface area contributed by atoms with Crippen LogP contribution in [0.25, 0.3) is 0 Å². The third-order valence-corrected chi connectivity index (χ3v) is 2.98. The fourth-order valence-electron chi connectivity index (χ4n) is 1.82. The van der Waals surface area contributed by atoms with E-state index in [9.17, 15) is 4.79 Å². The molecule has 2 aromatic rings. The number of anilines is 1. The Morgan fingerprint density at radius 1 is 1.32 bits per heavy atom. The Labute approximate surface area is 129 Å². The Hall–Kier alpha value is -2.41. The molecule has 1 amide bonds. The molecule has 22 heavy (non-hydrogen) atoms. The molecule has 0 aliphatic rings. The van der Waals surface area contributed by atoms with Crippen LogP contribution in [0, 0.1) is 0 Å². The molecule has 0 aromatic carbocycles. The summed E-state index contributed by atoms with van der Waals surface area (Å²) in [6.07, 6.45) is 5.52. The van der Waals surface area contributed by atoms with E-state index >= 15 is 0 Å². The van der Waals surface area contributed by atoms with Crippen LogP contribution in [0.1, 0.15) is 22.7 Å². The lowest BCUT2D eigenvalue weighted by atomic mass is 10.3. The first-order chi connectivity index (χ1) is 10.6. The minimum Gasteiger partial charge on any atom is -0.467 e. The highest BCUT2D eigenvalue weighted by molar-refractivity contribution is 5.91. The Bertz CT molecular complexity index is 566. The maximum atomic E-state index is 11.9. The van der Waals surface area contributed by atoms with Crippen molar-refractivity contribution in [2.45, 2.75) is 13.0 Å². The van der Waals surface area contributed by atoms with Gasteiger partial charge < -0.3 is 20.0 Å². The number of hydrogen-bond donors (Lipinski definition) is 2. The van der Waals surface area contributed by atoms with Crippen molar-refractivity contribution < 1.29 is 9.21 Å². The maximum Gasteiger partial charge on any atom is 0.271 e. The SMILES string of the molecule is CN(C)CCCNC(=O)c1cnc(NCc2ccco2)cn1. The van der Waals surface area contributed by atoms with E-state index < -0.39 is 0 Å². The number of carbonyl (C=O) groups excluding carboxylic acids is 1. The smallest absolute Gasteiger partial charge is 0.271 e. The van der Waals surface area contributed by atoms with Crippen LogP contribution in [0.4, 0.5) is 5.82 Å². The highest BCUT2D eigenvalue weighted by atomic mass is 16.3. The van der Waals surface area contributed by atoms with Gasteiger partial charge in [0.2, 0.25) is 0 Å². The van der Waals surface area contributed by atoms with E-state index in [4.69, 9.17) is 4.42 Å². The molecular weight excluding hydrogens is 282 g/mol. The number of hydrogen-bond acceptors (Lipinski definition) is 6. The number of nitrogens with one attached hydrogen (secondary N) is 2. The van der Waals surface area contributed by atoms with Gasteiger partial charge in [0, 0.05) is 6.54 Å². The molecular formula is C15H21N5O2. The van der Waals surface area contributed by atoms with Crippen molar-refractivity contribution in [1.29, 1.82) is 0 Å². The summed E-state index contributed by atoms with van der Waals surface area (Å²) < 4.78 is 5.21. The van der Waals surface area contributed by atoms with Crippen LogP contribution in [-0.2, 0) is 6.54 Å². The van der Waals surface area contributed by atoms with E-state index in [0.717, 1.165) is 18.7 Å². The Morgan fingerprint density at radius 3 is 2.82 bits per heavy atom. The molecule has 0 fully saturated rings. The van der Waals surface area contributed by atoms with Crippen molar-refractivity contribution in [3.05, 3.63) is 42.2 Å². The zero-order valence-electron chi connectivity index (χ0n) is 12.9. The topological polar surface area (TPSA) is 83.3 Å². The second-order valence-corrected chi connectivity index (χ2v) is 5.13. The van der Waals surface area contributed by atoms with Crippen LogP contribution in [0.3, 0.4) is 0 Å². The van der Waals surface area contributed by atoms with Crippen molar-refractivity contribution in [3.63, 3.8) is 0 Å². The highest BCUT2D eigenvalue weighted by Gasteiger charge is 2.07. The largest absolute Gasteiger partial charge is 0.467 e. The molecule has 2 N–H and O–H groups in total. The summed E-state index contributed by atoms with van der Waals surface area (Å²) >= 11 is 0. The van der Waals surface area contributed by atoms with Crippen LogP contribution in [0.15, 0.2) is 35.2 Å². The highest BCUT2D eigenvalue weighted by Crippen LogP contribution is 2.05. The molecule has 2 aromatic heterocycles. The lowest BCUT2D eigenvalue weighted by molar-refractivity contribution is 0.0947. The average molecular weight is 303 g/mol. The molecule has 0 saturated heterocycles. The van der Waals surface area contributed by atoms with E-state index in [-0.39, 0.29) is 5.91 Å². The fourth-order valence-corrected chi connectivity index (χ4v) is 1.82. The predicted octanol–water partition coefficient (Wildman–Crippen LogP) is 1.36. The van der Waals surface area contributed by atoms with E-state index in [1.807, 2.05) is 26.2 Å². The second-order valence-electron chi connectivity index (χ2n) is 5.13. The molecule has 2 rings (SSSR count). The standard InChI is InChI=1S/C15H21N5O2/c1-20(2)7-4-6-16-15(21)13-10-19-14(11-17-13)18-9-12-5-3-8-22-12/h3,5,8,10-11H,4,6-7,9H2,1-2H3,(H,16,21)(H,18,19). The van der Waals surface area contributed by atoms with Gasteiger partial charge in [0.25, 0.3) is 5.91 Å². The van der Waals surface area contributed by atoms with Crippen LogP contribution in [0.2, 0.25) is 0 Å². The zero-order chi connectivity index (χ0) is 15.8. The van der Waals surface area contributed by atoms with E-state index in [1.54, 1.807) is 6.26 Å². The quantitative estimate of drug-likeness (QED) is 0.717. The molecule has 118 valence electrons. The Morgan fingerprint density at radius 2 is 2.18 bits per heavy atom. The van der Waals surface area contributed by atoms with Gasteiger partial charge in [-0.05, 0) is 39.2 Å². The van der Waals surface area contributed by atoms with Crippen molar-refractivity contribution in [2.24, 2.45) is 0 Å². The van der Waals surface area contributed by atoms with Crippen LogP contribution in [-0.4, -0.2) is 48.0 Å². The summed E-state index contributed by atoms with van der Waals surface area (Å²) in [5.41, 5.74) is 0.313. The normalized spacial score (nSPS) is 10.7. The predicted molar refractivity (Wildman–Crippen MR) is 83.6 cm³/mol. The molecule has 0 radical (unpaired) electrons. The van der Waals surface area contributed by atoms with Crippen molar-refractivity contribution in [1.82, 2.24) is 20.2 Å². The van der Waals surface area contributed by atoms with Gasteiger partial charge in [-0.2, -0.15) is 0 Å². The number of aromatic nitrogens is 2. The molecule has 0 saturated carbocycles. The van der Waals surface area contributed by atoms with Crippen molar-refractivity contribution in [2.75, 3.05) is 32.5 Å². The molecule has 0 aliphatic heterocycles. The number of nitrogens with zero attached hydrogens (tertiary/aromatic N) is 3. The van der Waals surface area contributed by atoms with Gasteiger partial charge in [0.05, 0.1) is 25.2 Å². The van der Waals surface area contributed by atoms with Gasteiger partial charge in [-0.15, -0.1) is 0 Å². The summed E-state index contributed by atoms with van der Waals surface area (Å²) in [5, 5.41) is 5.90. The zero-order valence-corrected chi connectivity index (χ0v) is 12.9. The molecule has 0 atom stereocenters. The molecule has 7 heteroatoms. The van der Waals surface area contributed by atoms with Crippen LogP contribution < -0.4 is 10.6 Å². The fraction of sp³-hybridized carbons (Fsp3) is 0.400. The van der Waals surface area contributed by atoms with Gasteiger partial charge in [-0.25, -0.2) is 9.97 Å². The van der Waals surface area contributed by atoms with Crippen LogP contribution in [0.5, 0.6) is 0 Å².